The first-order chi connectivity index (χ1) is 4.74. The zero-order valence-electron chi connectivity index (χ0n) is 6.02. The summed E-state index contributed by atoms with van der Waals surface area (Å²) >= 11 is 0. The summed E-state index contributed by atoms with van der Waals surface area (Å²) in [6.07, 6.45) is 0. The third kappa shape index (κ3) is 1.29. The van der Waals surface area contributed by atoms with Crippen LogP contribution in [0.2, 0.25) is 0 Å². The van der Waals surface area contributed by atoms with E-state index >= 15 is 0 Å². The lowest BCUT2D eigenvalue weighted by Gasteiger charge is -1.99. The molecule has 0 unspecified atom stereocenters. The average Bonchev–Trinajstić information content (AvgIpc) is 1.95. The molecule has 10 heavy (non-hydrogen) atoms. The van der Waals surface area contributed by atoms with Crippen LogP contribution in [0.5, 0.6) is 5.75 Å². The van der Waals surface area contributed by atoms with Crippen molar-refractivity contribution in [1.82, 2.24) is 0 Å². The number of hydrogen-bond acceptors (Lipinski definition) is 1. The lowest BCUT2D eigenvalue weighted by molar-refractivity contribution is 0.411. The van der Waals surface area contributed by atoms with Gasteiger partial charge in [0.05, 0.1) is 7.11 Å². The van der Waals surface area contributed by atoms with Gasteiger partial charge in [-0.1, -0.05) is 11.5 Å². The van der Waals surface area contributed by atoms with Crippen LogP contribution in [0, 0.1) is 5.82 Å². The molecule has 1 rings (SSSR count). The molecule has 52 valence electrons. The summed E-state index contributed by atoms with van der Waals surface area (Å²) in [6, 6.07) is 4.79. The molecule has 0 heterocycles. The molecule has 0 aliphatic heterocycles. The lowest BCUT2D eigenvalue weighted by atomic mass is 9.96. The maximum Gasteiger partial charge on any atom is 0.143 e. The molecule has 0 fully saturated rings. The Kier molecular flexibility index (Phi) is 1.95. The molecular formula is C7H8BFO. The van der Waals surface area contributed by atoms with Crippen LogP contribution in [-0.4, -0.2) is 15.0 Å². The number of hydrogen-bond donors (Lipinski definition) is 0. The van der Waals surface area contributed by atoms with Crippen molar-refractivity contribution in [3.63, 3.8) is 0 Å². The number of methoxy groups -OCH3 is 1. The van der Waals surface area contributed by atoms with Gasteiger partial charge in [0.25, 0.3) is 0 Å². The molecule has 0 bridgehead atoms. The van der Waals surface area contributed by atoms with Crippen molar-refractivity contribution in [3.8, 4) is 5.75 Å². The second-order valence-electron chi connectivity index (χ2n) is 2.12. The van der Waals surface area contributed by atoms with Gasteiger partial charge >= 0.3 is 0 Å². The molecule has 0 amide bonds. The SMILES string of the molecule is Bc1ccc(OC)cc1F. The average molecular weight is 138 g/mol. The fourth-order valence-electron chi connectivity index (χ4n) is 0.701. The van der Waals surface area contributed by atoms with Gasteiger partial charge in [-0.2, -0.15) is 0 Å². The van der Waals surface area contributed by atoms with E-state index in [9.17, 15) is 4.39 Å². The molecule has 1 nitrogen and oxygen atoms in total. The van der Waals surface area contributed by atoms with Crippen LogP contribution in [0.4, 0.5) is 4.39 Å². The Bertz CT molecular complexity index is 237. The number of rotatable bonds is 1. The van der Waals surface area contributed by atoms with Crippen LogP contribution in [0.3, 0.4) is 0 Å². The summed E-state index contributed by atoms with van der Waals surface area (Å²) < 4.78 is 17.5. The van der Waals surface area contributed by atoms with Gasteiger partial charge in [0.2, 0.25) is 0 Å². The van der Waals surface area contributed by atoms with Crippen LogP contribution >= 0.6 is 0 Å². The zero-order valence-corrected chi connectivity index (χ0v) is 6.02. The van der Waals surface area contributed by atoms with E-state index in [1.165, 1.54) is 13.2 Å². The highest BCUT2D eigenvalue weighted by Gasteiger charge is 1.96. The monoisotopic (exact) mass is 138 g/mol. The maximum atomic E-state index is 12.7. The molecule has 0 spiro atoms. The second kappa shape index (κ2) is 2.73. The highest BCUT2D eigenvalue weighted by molar-refractivity contribution is 6.32. The molecule has 3 heteroatoms. The van der Waals surface area contributed by atoms with Gasteiger partial charge in [-0.15, -0.1) is 0 Å². The summed E-state index contributed by atoms with van der Waals surface area (Å²) in [6.45, 7) is 0. The summed E-state index contributed by atoms with van der Waals surface area (Å²) in [5, 5.41) is 0. The normalized spacial score (nSPS) is 9.40. The minimum Gasteiger partial charge on any atom is -0.497 e. The Balaban J connectivity index is 3.04. The number of benzene rings is 1. The molecule has 1 aromatic rings. The molecule has 0 radical (unpaired) electrons. The first kappa shape index (κ1) is 7.13. The van der Waals surface area contributed by atoms with Crippen LogP contribution < -0.4 is 10.2 Å². The summed E-state index contributed by atoms with van der Waals surface area (Å²) in [4.78, 5) is 0. The quantitative estimate of drug-likeness (QED) is 0.499. The van der Waals surface area contributed by atoms with Crippen molar-refractivity contribution in [2.24, 2.45) is 0 Å². The van der Waals surface area contributed by atoms with Crippen LogP contribution in [-0.2, 0) is 0 Å². The predicted octanol–water partition coefficient (Wildman–Crippen LogP) is 0.0927. The molecular weight excluding hydrogens is 130 g/mol. The Morgan fingerprint density at radius 3 is 2.70 bits per heavy atom. The van der Waals surface area contributed by atoms with Gasteiger partial charge < -0.3 is 4.74 Å². The van der Waals surface area contributed by atoms with Crippen LogP contribution in [0.1, 0.15) is 0 Å². The van der Waals surface area contributed by atoms with Crippen molar-refractivity contribution in [2.75, 3.05) is 7.11 Å². The van der Waals surface area contributed by atoms with E-state index in [1.807, 2.05) is 0 Å². The molecule has 0 aliphatic rings. The minimum atomic E-state index is -0.223. The van der Waals surface area contributed by atoms with Gasteiger partial charge in [0.1, 0.15) is 19.4 Å². The van der Waals surface area contributed by atoms with E-state index in [0.717, 1.165) is 0 Å². The lowest BCUT2D eigenvalue weighted by Crippen LogP contribution is -2.07. The highest BCUT2D eigenvalue weighted by atomic mass is 19.1. The molecule has 1 aromatic carbocycles. The Labute approximate surface area is 60.2 Å². The van der Waals surface area contributed by atoms with Gasteiger partial charge in [0.15, 0.2) is 0 Å². The highest BCUT2D eigenvalue weighted by Crippen LogP contribution is 2.08. The van der Waals surface area contributed by atoms with E-state index < -0.39 is 0 Å². The molecule has 0 saturated carbocycles. The van der Waals surface area contributed by atoms with Crippen molar-refractivity contribution >= 4 is 13.3 Å². The van der Waals surface area contributed by atoms with Crippen molar-refractivity contribution < 1.29 is 9.13 Å². The number of ether oxygens (including phenoxy) is 1. The first-order valence-electron chi connectivity index (χ1n) is 3.04. The molecule has 0 atom stereocenters. The van der Waals surface area contributed by atoms with Crippen molar-refractivity contribution in [3.05, 3.63) is 24.0 Å². The second-order valence-corrected chi connectivity index (χ2v) is 2.12. The standard InChI is InChI=1S/C7H8BFO/c1-10-5-2-3-6(8)7(9)4-5/h2-4H,8H2,1H3. The van der Waals surface area contributed by atoms with E-state index in [4.69, 9.17) is 4.74 Å². The van der Waals surface area contributed by atoms with Gasteiger partial charge in [-0.25, -0.2) is 4.39 Å². The summed E-state index contributed by atoms with van der Waals surface area (Å²) in [7, 11) is 3.24. The molecule has 0 saturated heterocycles. The maximum absolute atomic E-state index is 12.7. The van der Waals surface area contributed by atoms with Gasteiger partial charge in [-0.05, 0) is 6.07 Å². The van der Waals surface area contributed by atoms with Crippen LogP contribution in [0.25, 0.3) is 0 Å². The number of halogens is 1. The Morgan fingerprint density at radius 2 is 2.20 bits per heavy atom. The van der Waals surface area contributed by atoms with E-state index in [1.54, 1.807) is 20.0 Å². The molecule has 0 aliphatic carbocycles. The van der Waals surface area contributed by atoms with E-state index in [2.05, 4.69) is 0 Å². The topological polar surface area (TPSA) is 9.23 Å². The smallest absolute Gasteiger partial charge is 0.143 e. The molecule has 0 aromatic heterocycles. The van der Waals surface area contributed by atoms with Gasteiger partial charge in [0, 0.05) is 6.07 Å². The van der Waals surface area contributed by atoms with E-state index in [-0.39, 0.29) is 5.82 Å². The third-order valence-electron chi connectivity index (χ3n) is 1.38. The first-order valence-corrected chi connectivity index (χ1v) is 3.04. The van der Waals surface area contributed by atoms with Crippen molar-refractivity contribution in [1.29, 1.82) is 0 Å². The van der Waals surface area contributed by atoms with Gasteiger partial charge in [-0.3, -0.25) is 0 Å². The predicted molar refractivity (Wildman–Crippen MR) is 41.1 cm³/mol. The fourth-order valence-corrected chi connectivity index (χ4v) is 0.701. The van der Waals surface area contributed by atoms with Crippen LogP contribution in [0.15, 0.2) is 18.2 Å². The summed E-state index contributed by atoms with van der Waals surface area (Å²) in [5.74, 6) is 0.336. The fraction of sp³-hybridized carbons (Fsp3) is 0.143. The third-order valence-corrected chi connectivity index (χ3v) is 1.38. The Morgan fingerprint density at radius 1 is 1.50 bits per heavy atom. The minimum absolute atomic E-state index is 0.223. The zero-order chi connectivity index (χ0) is 7.56. The summed E-state index contributed by atoms with van der Waals surface area (Å²) in [5.41, 5.74) is 0.640. The van der Waals surface area contributed by atoms with Crippen molar-refractivity contribution in [2.45, 2.75) is 0 Å². The van der Waals surface area contributed by atoms with E-state index in [0.29, 0.717) is 11.2 Å². The largest absolute Gasteiger partial charge is 0.497 e. The molecule has 0 N–H and O–H groups in total. The Hall–Kier alpha value is -0.985.